The van der Waals surface area contributed by atoms with Gasteiger partial charge in [-0.05, 0) is 22.9 Å². The predicted molar refractivity (Wildman–Crippen MR) is 54.6 cm³/mol. The van der Waals surface area contributed by atoms with Crippen LogP contribution < -0.4 is 0 Å². The Labute approximate surface area is 86.0 Å². The van der Waals surface area contributed by atoms with Crippen molar-refractivity contribution in [2.75, 3.05) is 0 Å². The van der Waals surface area contributed by atoms with E-state index in [-0.39, 0.29) is 5.38 Å². The molecule has 0 aromatic carbocycles. The summed E-state index contributed by atoms with van der Waals surface area (Å²) in [7, 11) is 1.93. The van der Waals surface area contributed by atoms with Gasteiger partial charge in [-0.1, -0.05) is 6.92 Å². The van der Waals surface area contributed by atoms with Gasteiger partial charge in [-0.25, -0.2) is 0 Å². The van der Waals surface area contributed by atoms with Crippen LogP contribution in [0, 0.1) is 0 Å². The van der Waals surface area contributed by atoms with Crippen molar-refractivity contribution in [3.63, 3.8) is 0 Å². The molecule has 1 aromatic rings. The van der Waals surface area contributed by atoms with Gasteiger partial charge in [-0.3, -0.25) is 4.68 Å². The van der Waals surface area contributed by atoms with E-state index in [9.17, 15) is 0 Å². The Kier molecular flexibility index (Phi) is 3.18. The summed E-state index contributed by atoms with van der Waals surface area (Å²) in [4.78, 5) is 0. The minimum Gasteiger partial charge on any atom is -0.271 e. The van der Waals surface area contributed by atoms with Crippen molar-refractivity contribution >= 4 is 27.5 Å². The number of alkyl halides is 1. The van der Waals surface area contributed by atoms with E-state index in [4.69, 9.17) is 11.6 Å². The molecule has 2 unspecified atom stereocenters. The Morgan fingerprint density at radius 1 is 1.58 bits per heavy atom. The maximum atomic E-state index is 6.00. The molecule has 0 fully saturated rings. The summed E-state index contributed by atoms with van der Waals surface area (Å²) in [5, 5.41) is 4.25. The third-order valence-electron chi connectivity index (χ3n) is 2.06. The Balaban J connectivity index is 3.00. The first-order chi connectivity index (χ1) is 5.54. The third-order valence-corrected chi connectivity index (χ3v) is 3.05. The quantitative estimate of drug-likeness (QED) is 0.739. The number of hydrogen-bond donors (Lipinski definition) is 0. The number of hydrogen-bond acceptors (Lipinski definition) is 1. The van der Waals surface area contributed by atoms with Crippen LogP contribution in [-0.4, -0.2) is 15.2 Å². The molecule has 1 rings (SSSR count). The number of halogens is 2. The zero-order chi connectivity index (χ0) is 9.30. The normalized spacial score (nSPS) is 16.1. The van der Waals surface area contributed by atoms with E-state index in [1.165, 1.54) is 0 Å². The van der Waals surface area contributed by atoms with Crippen LogP contribution in [0.2, 0.25) is 0 Å². The van der Waals surface area contributed by atoms with Gasteiger partial charge in [0, 0.05) is 18.3 Å². The topological polar surface area (TPSA) is 17.8 Å². The number of rotatable bonds is 2. The van der Waals surface area contributed by atoms with Crippen LogP contribution in [0.25, 0.3) is 0 Å². The van der Waals surface area contributed by atoms with Crippen molar-refractivity contribution in [1.29, 1.82) is 0 Å². The zero-order valence-electron chi connectivity index (χ0n) is 7.38. The zero-order valence-corrected chi connectivity index (χ0v) is 9.72. The Hall–Kier alpha value is -0.0200. The molecule has 0 amide bonds. The molecule has 12 heavy (non-hydrogen) atoms. The summed E-state index contributed by atoms with van der Waals surface area (Å²) >= 11 is 9.45. The van der Waals surface area contributed by atoms with Gasteiger partial charge >= 0.3 is 0 Å². The van der Waals surface area contributed by atoms with E-state index in [0.717, 1.165) is 10.2 Å². The second-order valence-corrected chi connectivity index (χ2v) is 4.51. The number of aryl methyl sites for hydroxylation is 1. The van der Waals surface area contributed by atoms with Gasteiger partial charge in [0.25, 0.3) is 0 Å². The maximum absolute atomic E-state index is 6.00. The Bertz CT molecular complexity index is 251. The first-order valence-corrected chi connectivity index (χ1v) is 5.08. The van der Waals surface area contributed by atoms with Crippen LogP contribution >= 0.6 is 27.5 Å². The van der Waals surface area contributed by atoms with Gasteiger partial charge in [0.2, 0.25) is 0 Å². The molecule has 0 N–H and O–H groups in total. The van der Waals surface area contributed by atoms with Crippen LogP contribution in [-0.2, 0) is 7.05 Å². The molecule has 0 aliphatic carbocycles. The average Bonchev–Trinajstić information content (AvgIpc) is 2.30. The smallest absolute Gasteiger partial charge is 0.0635 e. The predicted octanol–water partition coefficient (Wildman–Crippen LogP) is 2.91. The lowest BCUT2D eigenvalue weighted by Crippen LogP contribution is -2.10. The highest BCUT2D eigenvalue weighted by Gasteiger charge is 2.18. The molecule has 0 spiro atoms. The fourth-order valence-electron chi connectivity index (χ4n) is 1.15. The average molecular weight is 252 g/mol. The van der Waals surface area contributed by atoms with Gasteiger partial charge in [-0.15, -0.1) is 11.6 Å². The van der Waals surface area contributed by atoms with Crippen LogP contribution in [0.1, 0.15) is 25.5 Å². The largest absolute Gasteiger partial charge is 0.271 e. The van der Waals surface area contributed by atoms with E-state index in [1.807, 2.05) is 18.7 Å². The van der Waals surface area contributed by atoms with E-state index in [0.29, 0.717) is 5.92 Å². The van der Waals surface area contributed by atoms with Crippen molar-refractivity contribution in [2.24, 2.45) is 7.05 Å². The van der Waals surface area contributed by atoms with Crippen molar-refractivity contribution in [3.8, 4) is 0 Å². The van der Waals surface area contributed by atoms with Gasteiger partial charge < -0.3 is 0 Å². The summed E-state index contributed by atoms with van der Waals surface area (Å²) in [6, 6.07) is 0. The molecule has 2 atom stereocenters. The minimum atomic E-state index is 0.122. The molecule has 0 radical (unpaired) electrons. The molecular weight excluding hydrogens is 239 g/mol. The van der Waals surface area contributed by atoms with Gasteiger partial charge in [0.1, 0.15) is 0 Å². The highest BCUT2D eigenvalue weighted by Crippen LogP contribution is 2.28. The Morgan fingerprint density at radius 3 is 2.50 bits per heavy atom. The fourth-order valence-corrected chi connectivity index (χ4v) is 1.98. The first-order valence-electron chi connectivity index (χ1n) is 3.85. The minimum absolute atomic E-state index is 0.122. The van der Waals surface area contributed by atoms with Crippen molar-refractivity contribution in [3.05, 3.63) is 16.4 Å². The lowest BCUT2D eigenvalue weighted by Gasteiger charge is -2.14. The van der Waals surface area contributed by atoms with Crippen LogP contribution in [0.15, 0.2) is 10.7 Å². The van der Waals surface area contributed by atoms with E-state index >= 15 is 0 Å². The van der Waals surface area contributed by atoms with Crippen molar-refractivity contribution < 1.29 is 0 Å². The van der Waals surface area contributed by atoms with Gasteiger partial charge in [0.05, 0.1) is 16.4 Å². The van der Waals surface area contributed by atoms with Crippen LogP contribution in [0.5, 0.6) is 0 Å². The maximum Gasteiger partial charge on any atom is 0.0635 e. The van der Waals surface area contributed by atoms with Crippen LogP contribution in [0.3, 0.4) is 0 Å². The molecule has 4 heteroatoms. The van der Waals surface area contributed by atoms with E-state index < -0.39 is 0 Å². The molecular formula is C8H12BrClN2. The monoisotopic (exact) mass is 250 g/mol. The summed E-state index contributed by atoms with van der Waals surface area (Å²) in [5.74, 6) is 0.313. The van der Waals surface area contributed by atoms with Crippen molar-refractivity contribution in [2.45, 2.75) is 25.1 Å². The van der Waals surface area contributed by atoms with Crippen molar-refractivity contribution in [1.82, 2.24) is 9.78 Å². The first kappa shape index (κ1) is 10.1. The fraction of sp³-hybridized carbons (Fsp3) is 0.625. The summed E-state index contributed by atoms with van der Waals surface area (Å²) in [5.41, 5.74) is 1.15. The molecule has 0 saturated carbocycles. The highest BCUT2D eigenvalue weighted by molar-refractivity contribution is 9.10. The molecule has 1 aromatic heterocycles. The molecule has 0 aliphatic heterocycles. The van der Waals surface area contributed by atoms with E-state index in [2.05, 4.69) is 28.0 Å². The van der Waals surface area contributed by atoms with Gasteiger partial charge in [-0.2, -0.15) is 5.10 Å². The molecule has 0 bridgehead atoms. The Morgan fingerprint density at radius 2 is 2.17 bits per heavy atom. The summed E-state index contributed by atoms with van der Waals surface area (Å²) in [6.07, 6.45) is 1.80. The summed E-state index contributed by atoms with van der Waals surface area (Å²) in [6.45, 7) is 4.09. The SMILES string of the molecule is CC(Cl)C(C)c1c(Br)cnn1C. The van der Waals surface area contributed by atoms with E-state index in [1.54, 1.807) is 6.20 Å². The highest BCUT2D eigenvalue weighted by atomic mass is 79.9. The third kappa shape index (κ3) is 1.83. The molecule has 0 saturated heterocycles. The summed E-state index contributed by atoms with van der Waals surface area (Å²) < 4.78 is 2.89. The standard InChI is InChI=1S/C8H12BrClN2/c1-5(6(2)10)8-7(9)4-11-12(8)3/h4-6H,1-3H3. The van der Waals surface area contributed by atoms with Gasteiger partial charge in [0.15, 0.2) is 0 Å². The lowest BCUT2D eigenvalue weighted by molar-refractivity contribution is 0.627. The molecule has 1 heterocycles. The second-order valence-electron chi connectivity index (χ2n) is 2.97. The number of nitrogens with zero attached hydrogens (tertiary/aromatic N) is 2. The molecule has 68 valence electrons. The molecule has 2 nitrogen and oxygen atoms in total. The second kappa shape index (κ2) is 3.79. The van der Waals surface area contributed by atoms with Crippen LogP contribution in [0.4, 0.5) is 0 Å². The molecule has 0 aliphatic rings. The number of aromatic nitrogens is 2. The lowest BCUT2D eigenvalue weighted by atomic mass is 10.1.